The molecule has 3 aromatic heterocycles. The molecule has 6 rings (SSSR count). The maximum atomic E-state index is 13.5. The van der Waals surface area contributed by atoms with Gasteiger partial charge in [0.1, 0.15) is 11.5 Å². The van der Waals surface area contributed by atoms with Crippen LogP contribution in [-0.4, -0.2) is 54.5 Å². The molecule has 1 aliphatic heterocycles. The van der Waals surface area contributed by atoms with Gasteiger partial charge in [0.25, 0.3) is 0 Å². The number of H-pyrrole nitrogens is 2. The first-order chi connectivity index (χ1) is 16.1. The van der Waals surface area contributed by atoms with Crippen LogP contribution in [0.25, 0.3) is 11.5 Å². The molecule has 4 heterocycles. The summed E-state index contributed by atoms with van der Waals surface area (Å²) in [5.41, 5.74) is 3.27. The number of imidazole rings is 1. The molecule has 0 radical (unpaired) electrons. The first kappa shape index (κ1) is 19.8. The predicted octanol–water partition coefficient (Wildman–Crippen LogP) is 2.84. The first-order valence-electron chi connectivity index (χ1n) is 10.8. The number of aromatic amines is 2. The van der Waals surface area contributed by atoms with Gasteiger partial charge in [0, 0.05) is 31.2 Å². The molecule has 1 aliphatic carbocycles. The van der Waals surface area contributed by atoms with E-state index in [0.717, 1.165) is 42.1 Å². The molecule has 0 spiro atoms. The Kier molecular flexibility index (Phi) is 4.74. The van der Waals surface area contributed by atoms with Crippen LogP contribution in [0.5, 0.6) is 0 Å². The SMILES string of the molecule is Fc1cc2c(cc1F)CC(Nc1nccc(-c3ncc(N4CCC(c5cn[nH]n5)C4)[nH]3)n1)C2. The Morgan fingerprint density at radius 2 is 1.88 bits per heavy atom. The van der Waals surface area contributed by atoms with Gasteiger partial charge in [-0.05, 0) is 48.6 Å². The lowest BCUT2D eigenvalue weighted by Crippen LogP contribution is -2.21. The highest BCUT2D eigenvalue weighted by Gasteiger charge is 2.27. The number of rotatable bonds is 5. The van der Waals surface area contributed by atoms with E-state index in [-0.39, 0.29) is 6.04 Å². The molecule has 9 nitrogen and oxygen atoms in total. The van der Waals surface area contributed by atoms with Gasteiger partial charge in [-0.15, -0.1) is 0 Å². The van der Waals surface area contributed by atoms with Crippen LogP contribution in [0.3, 0.4) is 0 Å². The maximum absolute atomic E-state index is 13.5. The van der Waals surface area contributed by atoms with Gasteiger partial charge in [0.15, 0.2) is 17.5 Å². The molecule has 11 heteroatoms. The fraction of sp³-hybridized carbons (Fsp3) is 0.318. The van der Waals surface area contributed by atoms with Crippen molar-refractivity contribution in [3.63, 3.8) is 0 Å². The van der Waals surface area contributed by atoms with Crippen molar-refractivity contribution in [1.29, 1.82) is 0 Å². The minimum absolute atomic E-state index is 0.0262. The molecular formula is C22H21F2N9. The van der Waals surface area contributed by atoms with E-state index in [1.165, 1.54) is 12.1 Å². The third-order valence-electron chi connectivity index (χ3n) is 6.35. The molecule has 1 unspecified atom stereocenters. The van der Waals surface area contributed by atoms with Gasteiger partial charge < -0.3 is 15.2 Å². The molecule has 0 amide bonds. The maximum Gasteiger partial charge on any atom is 0.223 e. The topological polar surface area (TPSA) is 111 Å². The molecule has 1 aromatic carbocycles. The molecule has 1 fully saturated rings. The average Bonchev–Trinajstić information content (AvgIpc) is 3.59. The van der Waals surface area contributed by atoms with Crippen LogP contribution in [0.4, 0.5) is 20.5 Å². The number of benzene rings is 1. The lowest BCUT2D eigenvalue weighted by Gasteiger charge is -2.15. The van der Waals surface area contributed by atoms with Crippen molar-refractivity contribution in [1.82, 2.24) is 35.3 Å². The Bertz CT molecular complexity index is 1260. The fourth-order valence-corrected chi connectivity index (χ4v) is 4.69. The van der Waals surface area contributed by atoms with Gasteiger partial charge in [-0.2, -0.15) is 15.4 Å². The summed E-state index contributed by atoms with van der Waals surface area (Å²) in [7, 11) is 0. The number of nitrogens with one attached hydrogen (secondary N) is 3. The normalized spacial score (nSPS) is 18.1. The first-order valence-corrected chi connectivity index (χ1v) is 10.8. The number of aromatic nitrogens is 7. The number of fused-ring (bicyclic) bond motifs is 1. The summed E-state index contributed by atoms with van der Waals surface area (Å²) < 4.78 is 27.1. The van der Waals surface area contributed by atoms with Gasteiger partial charge in [0.2, 0.25) is 5.95 Å². The number of nitrogens with zero attached hydrogens (tertiary/aromatic N) is 6. The van der Waals surface area contributed by atoms with Crippen LogP contribution in [0.2, 0.25) is 0 Å². The molecule has 1 saturated heterocycles. The van der Waals surface area contributed by atoms with E-state index in [9.17, 15) is 8.78 Å². The highest BCUT2D eigenvalue weighted by molar-refractivity contribution is 5.56. The molecule has 4 aromatic rings. The van der Waals surface area contributed by atoms with Crippen molar-refractivity contribution in [3.8, 4) is 11.5 Å². The van der Waals surface area contributed by atoms with Gasteiger partial charge in [-0.3, -0.25) is 0 Å². The average molecular weight is 449 g/mol. The van der Waals surface area contributed by atoms with Gasteiger partial charge in [-0.1, -0.05) is 0 Å². The fourth-order valence-electron chi connectivity index (χ4n) is 4.69. The van der Waals surface area contributed by atoms with E-state index in [4.69, 9.17) is 0 Å². The number of halogens is 2. The molecule has 0 bridgehead atoms. The third-order valence-corrected chi connectivity index (χ3v) is 6.35. The van der Waals surface area contributed by atoms with Crippen molar-refractivity contribution in [2.45, 2.75) is 31.2 Å². The minimum atomic E-state index is -0.813. The Morgan fingerprint density at radius 1 is 1.06 bits per heavy atom. The van der Waals surface area contributed by atoms with Crippen LogP contribution >= 0.6 is 0 Å². The Hall–Kier alpha value is -3.89. The quantitative estimate of drug-likeness (QED) is 0.430. The van der Waals surface area contributed by atoms with Gasteiger partial charge in [0.05, 0.1) is 18.1 Å². The van der Waals surface area contributed by atoms with E-state index in [2.05, 4.69) is 45.6 Å². The van der Waals surface area contributed by atoms with Crippen LogP contribution in [-0.2, 0) is 12.8 Å². The van der Waals surface area contributed by atoms with Gasteiger partial charge >= 0.3 is 0 Å². The van der Waals surface area contributed by atoms with Crippen LogP contribution < -0.4 is 10.2 Å². The molecule has 2 aliphatic rings. The second-order valence-electron chi connectivity index (χ2n) is 8.49. The highest BCUT2D eigenvalue weighted by atomic mass is 19.2. The summed E-state index contributed by atoms with van der Waals surface area (Å²) in [5, 5.41) is 14.1. The van der Waals surface area contributed by atoms with Crippen molar-refractivity contribution < 1.29 is 8.78 Å². The van der Waals surface area contributed by atoms with E-state index < -0.39 is 11.6 Å². The molecule has 168 valence electrons. The number of hydrogen-bond donors (Lipinski definition) is 3. The Balaban J connectivity index is 1.14. The monoisotopic (exact) mass is 449 g/mol. The zero-order chi connectivity index (χ0) is 22.4. The van der Waals surface area contributed by atoms with Crippen molar-refractivity contribution in [3.05, 3.63) is 65.2 Å². The zero-order valence-corrected chi connectivity index (χ0v) is 17.6. The summed E-state index contributed by atoms with van der Waals surface area (Å²) >= 11 is 0. The van der Waals surface area contributed by atoms with Crippen LogP contribution in [0, 0.1) is 11.6 Å². The summed E-state index contributed by atoms with van der Waals surface area (Å²) in [4.78, 5) is 19.0. The lowest BCUT2D eigenvalue weighted by molar-refractivity contribution is 0.507. The van der Waals surface area contributed by atoms with Crippen LogP contribution in [0.15, 0.2) is 36.8 Å². The molecular weight excluding hydrogens is 428 g/mol. The third kappa shape index (κ3) is 3.79. The van der Waals surface area contributed by atoms with E-state index in [1.54, 1.807) is 18.5 Å². The lowest BCUT2D eigenvalue weighted by atomic mass is 10.1. The Morgan fingerprint density at radius 3 is 2.64 bits per heavy atom. The van der Waals surface area contributed by atoms with E-state index >= 15 is 0 Å². The van der Waals surface area contributed by atoms with Crippen molar-refractivity contribution in [2.24, 2.45) is 0 Å². The highest BCUT2D eigenvalue weighted by Crippen LogP contribution is 2.30. The summed E-state index contributed by atoms with van der Waals surface area (Å²) in [6.07, 6.45) is 7.44. The summed E-state index contributed by atoms with van der Waals surface area (Å²) in [6, 6.07) is 4.32. The standard InChI is InChI=1S/C22H21F2N9/c23-16-7-13-5-15(6-14(13)8-17(16)24)28-22-25-3-1-18(29-22)21-26-10-20(30-21)33-4-2-12(11-33)19-9-27-32-31-19/h1,3,7-10,12,15H,2,4-6,11H2,(H,26,30)(H,25,28,29)(H,27,31,32). The van der Waals surface area contributed by atoms with Gasteiger partial charge in [-0.25, -0.2) is 23.7 Å². The molecule has 33 heavy (non-hydrogen) atoms. The molecule has 1 atom stereocenters. The predicted molar refractivity (Wildman–Crippen MR) is 117 cm³/mol. The second kappa shape index (κ2) is 7.91. The minimum Gasteiger partial charge on any atom is -0.356 e. The zero-order valence-electron chi connectivity index (χ0n) is 17.6. The number of hydrogen-bond acceptors (Lipinski definition) is 7. The van der Waals surface area contributed by atoms with E-state index in [0.29, 0.717) is 36.2 Å². The second-order valence-corrected chi connectivity index (χ2v) is 8.49. The van der Waals surface area contributed by atoms with Crippen LogP contribution in [0.1, 0.15) is 29.2 Å². The smallest absolute Gasteiger partial charge is 0.223 e. The van der Waals surface area contributed by atoms with Crippen molar-refractivity contribution >= 4 is 11.8 Å². The summed E-state index contributed by atoms with van der Waals surface area (Å²) in [5.74, 6) is 0.746. The molecule has 3 N–H and O–H groups in total. The van der Waals surface area contributed by atoms with E-state index in [1.807, 2.05) is 6.20 Å². The Labute approximate surface area is 187 Å². The molecule has 0 saturated carbocycles. The number of anilines is 2. The van der Waals surface area contributed by atoms with Crippen molar-refractivity contribution in [2.75, 3.05) is 23.3 Å². The largest absolute Gasteiger partial charge is 0.356 e. The summed E-state index contributed by atoms with van der Waals surface area (Å²) in [6.45, 7) is 1.74.